The predicted molar refractivity (Wildman–Crippen MR) is 74.4 cm³/mol. The van der Waals surface area contributed by atoms with E-state index in [0.717, 1.165) is 17.0 Å². The van der Waals surface area contributed by atoms with Gasteiger partial charge in [0.25, 0.3) is 0 Å². The largest absolute Gasteiger partial charge is 0.334 e. The first-order valence-electron chi connectivity index (χ1n) is 6.77. The number of carbonyl (C=O) groups is 4. The predicted octanol–water partition coefficient (Wildman–Crippen LogP) is 1.46. The Balaban J connectivity index is 2.14. The maximum Gasteiger partial charge on any atom is 0.334 e. The van der Waals surface area contributed by atoms with E-state index >= 15 is 0 Å². The summed E-state index contributed by atoms with van der Waals surface area (Å²) < 4.78 is 12.8. The van der Waals surface area contributed by atoms with Gasteiger partial charge >= 0.3 is 17.8 Å². The zero-order valence-electron chi connectivity index (χ0n) is 12.2. The molecule has 7 heteroatoms. The van der Waals surface area contributed by atoms with Gasteiger partial charge in [-0.1, -0.05) is 13.8 Å². The third kappa shape index (κ3) is 3.03. The van der Waals surface area contributed by atoms with Gasteiger partial charge in [-0.25, -0.2) is 14.1 Å². The van der Waals surface area contributed by atoms with E-state index in [2.05, 4.69) is 0 Å². The number of hydrogen-bond donors (Lipinski definition) is 0. The first-order valence-corrected chi connectivity index (χ1v) is 6.77. The van der Waals surface area contributed by atoms with Crippen molar-refractivity contribution >= 4 is 23.6 Å². The van der Waals surface area contributed by atoms with Crippen LogP contribution in [-0.4, -0.2) is 46.5 Å². The van der Waals surface area contributed by atoms with E-state index in [4.69, 9.17) is 0 Å². The molecule has 0 aromatic heterocycles. The fourth-order valence-corrected chi connectivity index (χ4v) is 2.09. The van der Waals surface area contributed by atoms with Gasteiger partial charge in [0.1, 0.15) is 5.82 Å². The number of nitrogens with zero attached hydrogens (tertiary/aromatic N) is 2. The van der Waals surface area contributed by atoms with Gasteiger partial charge in [0, 0.05) is 12.1 Å². The first-order chi connectivity index (χ1) is 10.3. The van der Waals surface area contributed by atoms with Crippen LogP contribution in [0.2, 0.25) is 0 Å². The molecule has 0 spiro atoms. The minimum Gasteiger partial charge on any atom is -0.292 e. The van der Waals surface area contributed by atoms with Crippen molar-refractivity contribution in [1.82, 2.24) is 9.80 Å². The Morgan fingerprint density at radius 2 is 1.59 bits per heavy atom. The number of amides is 4. The molecule has 1 fully saturated rings. The monoisotopic (exact) mass is 306 g/mol. The lowest BCUT2D eigenvalue weighted by atomic mass is 10.1. The van der Waals surface area contributed by atoms with Crippen molar-refractivity contribution in [3.63, 3.8) is 0 Å². The van der Waals surface area contributed by atoms with Crippen molar-refractivity contribution in [1.29, 1.82) is 0 Å². The molecule has 4 amide bonds. The van der Waals surface area contributed by atoms with Crippen LogP contribution in [0.25, 0.3) is 0 Å². The summed E-state index contributed by atoms with van der Waals surface area (Å²) in [4.78, 5) is 49.2. The lowest BCUT2D eigenvalue weighted by Crippen LogP contribution is -2.38. The molecular formula is C15H15FN2O4. The van der Waals surface area contributed by atoms with Gasteiger partial charge in [-0.05, 0) is 30.2 Å². The van der Waals surface area contributed by atoms with E-state index in [9.17, 15) is 23.6 Å². The highest BCUT2D eigenvalue weighted by atomic mass is 19.1. The number of halogens is 1. The second-order valence-corrected chi connectivity index (χ2v) is 5.41. The number of Topliss-reactive ketones (excluding diaryl/α,β-unsaturated/α-hetero) is 1. The average Bonchev–Trinajstić information content (AvgIpc) is 2.65. The lowest BCUT2D eigenvalue weighted by molar-refractivity contribution is -0.143. The van der Waals surface area contributed by atoms with E-state index in [1.54, 1.807) is 13.8 Å². The van der Waals surface area contributed by atoms with Gasteiger partial charge in [-0.15, -0.1) is 0 Å². The summed E-state index contributed by atoms with van der Waals surface area (Å²) in [5, 5.41) is 0. The smallest absolute Gasteiger partial charge is 0.292 e. The lowest BCUT2D eigenvalue weighted by Gasteiger charge is -2.16. The van der Waals surface area contributed by atoms with Crippen molar-refractivity contribution in [3.05, 3.63) is 35.6 Å². The third-order valence-corrected chi connectivity index (χ3v) is 3.15. The Morgan fingerprint density at radius 1 is 1.05 bits per heavy atom. The number of hydrogen-bond acceptors (Lipinski definition) is 4. The summed E-state index contributed by atoms with van der Waals surface area (Å²) in [5.41, 5.74) is 0.164. The topological polar surface area (TPSA) is 74.8 Å². The number of ketones is 1. The summed E-state index contributed by atoms with van der Waals surface area (Å²) in [5.74, 6) is -2.97. The van der Waals surface area contributed by atoms with Crippen molar-refractivity contribution in [2.45, 2.75) is 13.8 Å². The van der Waals surface area contributed by atoms with E-state index in [0.29, 0.717) is 4.90 Å². The van der Waals surface area contributed by atoms with Crippen molar-refractivity contribution in [2.24, 2.45) is 5.92 Å². The van der Waals surface area contributed by atoms with E-state index < -0.39 is 36.0 Å². The van der Waals surface area contributed by atoms with E-state index in [1.165, 1.54) is 12.1 Å². The summed E-state index contributed by atoms with van der Waals surface area (Å²) in [6.07, 6.45) is 0. The quantitative estimate of drug-likeness (QED) is 0.469. The third-order valence-electron chi connectivity index (χ3n) is 3.15. The summed E-state index contributed by atoms with van der Waals surface area (Å²) in [7, 11) is 0. The number of carbonyl (C=O) groups excluding carboxylic acids is 4. The average molecular weight is 306 g/mol. The second-order valence-electron chi connectivity index (χ2n) is 5.41. The summed E-state index contributed by atoms with van der Waals surface area (Å²) >= 11 is 0. The molecule has 0 bridgehead atoms. The zero-order chi connectivity index (χ0) is 16.4. The molecule has 116 valence electrons. The number of urea groups is 1. The molecule has 0 saturated carbocycles. The molecule has 1 aromatic carbocycles. The molecule has 22 heavy (non-hydrogen) atoms. The van der Waals surface area contributed by atoms with Crippen LogP contribution in [0.3, 0.4) is 0 Å². The zero-order valence-corrected chi connectivity index (χ0v) is 12.2. The van der Waals surface area contributed by atoms with Crippen LogP contribution >= 0.6 is 0 Å². The Labute approximate surface area is 126 Å². The molecule has 2 rings (SSSR count). The normalized spacial score (nSPS) is 15.2. The molecule has 6 nitrogen and oxygen atoms in total. The van der Waals surface area contributed by atoms with Gasteiger partial charge in [-0.2, -0.15) is 0 Å². The van der Waals surface area contributed by atoms with Gasteiger partial charge in [0.05, 0.1) is 6.54 Å². The molecule has 1 aliphatic heterocycles. The highest BCUT2D eigenvalue weighted by Gasteiger charge is 2.45. The maximum atomic E-state index is 12.8. The molecular weight excluding hydrogens is 291 g/mol. The molecule has 1 aliphatic rings. The fraction of sp³-hybridized carbons (Fsp3) is 0.333. The van der Waals surface area contributed by atoms with Crippen molar-refractivity contribution in [2.75, 3.05) is 13.1 Å². The Morgan fingerprint density at radius 3 is 2.14 bits per heavy atom. The first kappa shape index (κ1) is 15.8. The molecule has 0 unspecified atom stereocenters. The second kappa shape index (κ2) is 6.05. The van der Waals surface area contributed by atoms with Crippen LogP contribution in [0.4, 0.5) is 9.18 Å². The van der Waals surface area contributed by atoms with Crippen LogP contribution in [0.15, 0.2) is 24.3 Å². The molecule has 0 N–H and O–H groups in total. The molecule has 0 aliphatic carbocycles. The van der Waals surface area contributed by atoms with Gasteiger partial charge in [0.15, 0.2) is 5.78 Å². The highest BCUT2D eigenvalue weighted by Crippen LogP contribution is 2.15. The summed E-state index contributed by atoms with van der Waals surface area (Å²) in [6, 6.07) is 3.94. The van der Waals surface area contributed by atoms with Crippen LogP contribution in [0, 0.1) is 11.7 Å². The van der Waals surface area contributed by atoms with E-state index in [-0.39, 0.29) is 18.0 Å². The number of benzene rings is 1. The number of imide groups is 2. The minimum atomic E-state index is -1.01. The molecule has 1 heterocycles. The molecule has 0 radical (unpaired) electrons. The number of rotatable bonds is 5. The Bertz CT molecular complexity index is 639. The standard InChI is InChI=1S/C15H15FN2O4/c1-9(2)7-17-13(20)14(21)18(15(17)22)8-12(19)10-3-5-11(16)6-4-10/h3-6,9H,7-8H2,1-2H3. The summed E-state index contributed by atoms with van der Waals surface area (Å²) in [6.45, 7) is 3.18. The molecule has 1 saturated heterocycles. The Hall–Kier alpha value is -2.57. The van der Waals surface area contributed by atoms with Gasteiger partial charge in [0.2, 0.25) is 0 Å². The molecule has 1 aromatic rings. The van der Waals surface area contributed by atoms with Crippen LogP contribution in [0.5, 0.6) is 0 Å². The van der Waals surface area contributed by atoms with Crippen LogP contribution in [-0.2, 0) is 9.59 Å². The Kier molecular flexibility index (Phi) is 4.35. The van der Waals surface area contributed by atoms with E-state index in [1.807, 2.05) is 0 Å². The highest BCUT2D eigenvalue weighted by molar-refractivity contribution is 6.45. The maximum absolute atomic E-state index is 12.8. The SMILES string of the molecule is CC(C)CN1C(=O)C(=O)N(CC(=O)c2ccc(F)cc2)C1=O. The van der Waals surface area contributed by atoms with Crippen molar-refractivity contribution in [3.8, 4) is 0 Å². The van der Waals surface area contributed by atoms with Gasteiger partial charge < -0.3 is 0 Å². The fourth-order valence-electron chi connectivity index (χ4n) is 2.09. The van der Waals surface area contributed by atoms with Crippen LogP contribution in [0.1, 0.15) is 24.2 Å². The van der Waals surface area contributed by atoms with Crippen LogP contribution < -0.4 is 0 Å². The molecule has 0 atom stereocenters. The van der Waals surface area contributed by atoms with Crippen molar-refractivity contribution < 1.29 is 23.6 Å². The van der Waals surface area contributed by atoms with Gasteiger partial charge in [-0.3, -0.25) is 19.3 Å². The minimum absolute atomic E-state index is 0.00782.